The third-order valence-corrected chi connectivity index (χ3v) is 3.95. The van der Waals surface area contributed by atoms with Crippen molar-refractivity contribution in [3.63, 3.8) is 0 Å². The Morgan fingerprint density at radius 2 is 1.91 bits per heavy atom. The molecular weight excluding hydrogens is 297 g/mol. The minimum absolute atomic E-state index is 0.0949. The molecule has 1 aromatic carbocycles. The Bertz CT molecular complexity index is 597. The second-order valence-corrected chi connectivity index (χ2v) is 5.68. The molecule has 4 nitrogen and oxygen atoms in total. The monoisotopic (exact) mass is 317 g/mol. The summed E-state index contributed by atoms with van der Waals surface area (Å²) in [7, 11) is 0. The molecule has 2 aliphatic rings. The van der Waals surface area contributed by atoms with Gasteiger partial charge in [0, 0.05) is 6.54 Å². The maximum Gasteiger partial charge on any atom is 0.251 e. The summed E-state index contributed by atoms with van der Waals surface area (Å²) in [6.07, 6.45) is 8.37. The van der Waals surface area contributed by atoms with Crippen molar-refractivity contribution in [3.8, 4) is 0 Å². The second kappa shape index (κ2) is 7.53. The van der Waals surface area contributed by atoms with Crippen LogP contribution >= 0.6 is 0 Å². The molecule has 3 atom stereocenters. The fourth-order valence-electron chi connectivity index (χ4n) is 2.67. The van der Waals surface area contributed by atoms with Gasteiger partial charge in [-0.25, -0.2) is 4.39 Å². The van der Waals surface area contributed by atoms with Gasteiger partial charge in [-0.15, -0.1) is 0 Å². The van der Waals surface area contributed by atoms with E-state index in [1.165, 1.54) is 12.1 Å². The fourth-order valence-corrected chi connectivity index (χ4v) is 2.67. The van der Waals surface area contributed by atoms with Crippen molar-refractivity contribution in [1.82, 2.24) is 5.32 Å². The summed E-state index contributed by atoms with van der Waals surface area (Å²) in [5, 5.41) is 2.87. The van der Waals surface area contributed by atoms with Crippen LogP contribution in [-0.2, 0) is 20.7 Å². The van der Waals surface area contributed by atoms with Crippen molar-refractivity contribution in [3.05, 3.63) is 60.0 Å². The third kappa shape index (κ3) is 4.27. The molecular formula is C18H20FNO3. The topological polar surface area (TPSA) is 47.6 Å². The van der Waals surface area contributed by atoms with E-state index in [1.807, 2.05) is 24.3 Å². The van der Waals surface area contributed by atoms with Crippen LogP contribution in [0.25, 0.3) is 0 Å². The molecule has 5 heteroatoms. The van der Waals surface area contributed by atoms with Crippen LogP contribution in [-0.4, -0.2) is 37.4 Å². The quantitative estimate of drug-likeness (QED) is 0.847. The van der Waals surface area contributed by atoms with Gasteiger partial charge in [0.2, 0.25) is 0 Å². The Hall–Kier alpha value is -1.98. The smallest absolute Gasteiger partial charge is 0.251 e. The number of allylic oxidation sites excluding steroid dienone is 2. The molecule has 1 aromatic rings. The van der Waals surface area contributed by atoms with Gasteiger partial charge in [-0.1, -0.05) is 36.4 Å². The van der Waals surface area contributed by atoms with Crippen molar-refractivity contribution < 1.29 is 18.7 Å². The minimum Gasteiger partial charge on any atom is -0.368 e. The van der Waals surface area contributed by atoms with Crippen LogP contribution in [0.1, 0.15) is 12.0 Å². The average Bonchev–Trinajstić information content (AvgIpc) is 2.59. The maximum atomic E-state index is 12.8. The molecule has 0 bridgehead atoms. The molecule has 0 aromatic heterocycles. The van der Waals surface area contributed by atoms with Gasteiger partial charge in [0.15, 0.2) is 6.10 Å². The van der Waals surface area contributed by atoms with Gasteiger partial charge in [0.1, 0.15) is 18.0 Å². The number of rotatable bonds is 5. The Kier molecular flexibility index (Phi) is 5.20. The summed E-state index contributed by atoms with van der Waals surface area (Å²) in [5.74, 6) is -0.382. The van der Waals surface area contributed by atoms with Crippen LogP contribution in [0.15, 0.2) is 48.6 Å². The van der Waals surface area contributed by atoms with Crippen LogP contribution in [0.3, 0.4) is 0 Å². The number of fused-ring (bicyclic) bond motifs is 1. The Morgan fingerprint density at radius 3 is 2.70 bits per heavy atom. The molecule has 1 aliphatic heterocycles. The van der Waals surface area contributed by atoms with Gasteiger partial charge in [0.05, 0.1) is 6.61 Å². The summed E-state index contributed by atoms with van der Waals surface area (Å²) >= 11 is 0. The van der Waals surface area contributed by atoms with Gasteiger partial charge < -0.3 is 14.8 Å². The zero-order chi connectivity index (χ0) is 16.1. The summed E-state index contributed by atoms with van der Waals surface area (Å²) in [4.78, 5) is 12.1. The minimum atomic E-state index is -0.571. The zero-order valence-electron chi connectivity index (χ0n) is 12.8. The lowest BCUT2D eigenvalue weighted by atomic mass is 10.1. The van der Waals surface area contributed by atoms with E-state index in [9.17, 15) is 9.18 Å². The molecule has 1 N–H and O–H groups in total. The lowest BCUT2D eigenvalue weighted by Crippen LogP contribution is -2.49. The highest BCUT2D eigenvalue weighted by Crippen LogP contribution is 2.20. The maximum absolute atomic E-state index is 12.8. The first-order valence-electron chi connectivity index (χ1n) is 7.86. The zero-order valence-corrected chi connectivity index (χ0v) is 12.8. The van der Waals surface area contributed by atoms with Crippen LogP contribution in [0, 0.1) is 5.82 Å². The molecule has 1 amide bonds. The Balaban J connectivity index is 1.39. The molecule has 3 rings (SSSR count). The van der Waals surface area contributed by atoms with E-state index in [0.717, 1.165) is 18.4 Å². The number of halogens is 1. The van der Waals surface area contributed by atoms with Crippen molar-refractivity contribution >= 4 is 5.91 Å². The van der Waals surface area contributed by atoms with E-state index in [2.05, 4.69) is 5.32 Å². The molecule has 1 fully saturated rings. The predicted molar refractivity (Wildman–Crippen MR) is 84.4 cm³/mol. The standard InChI is InChI=1S/C18H20FNO3/c19-14-9-7-13(8-10-14)4-3-11-20-18(21)17-12-22-15-5-1-2-6-16(15)23-17/h1-2,5-10,15-17H,3-4,11-12H2,(H,20,21). The van der Waals surface area contributed by atoms with Crippen molar-refractivity contribution in [1.29, 1.82) is 0 Å². The van der Waals surface area contributed by atoms with Crippen LogP contribution in [0.4, 0.5) is 4.39 Å². The lowest BCUT2D eigenvalue weighted by molar-refractivity contribution is -0.168. The number of hydrogen-bond acceptors (Lipinski definition) is 3. The molecule has 0 radical (unpaired) electrons. The van der Waals surface area contributed by atoms with Crippen molar-refractivity contribution in [2.24, 2.45) is 0 Å². The Labute approximate surface area is 135 Å². The van der Waals surface area contributed by atoms with Crippen LogP contribution < -0.4 is 5.32 Å². The number of benzene rings is 1. The summed E-state index contributed by atoms with van der Waals surface area (Å²) in [6.45, 7) is 0.822. The highest BCUT2D eigenvalue weighted by Gasteiger charge is 2.33. The van der Waals surface area contributed by atoms with E-state index in [-0.39, 0.29) is 30.5 Å². The number of carbonyl (C=O) groups excluding carboxylic acids is 1. The van der Waals surface area contributed by atoms with E-state index < -0.39 is 6.10 Å². The van der Waals surface area contributed by atoms with Gasteiger partial charge in [-0.05, 0) is 30.5 Å². The van der Waals surface area contributed by atoms with Gasteiger partial charge >= 0.3 is 0 Å². The fraction of sp³-hybridized carbons (Fsp3) is 0.389. The molecule has 0 spiro atoms. The lowest BCUT2D eigenvalue weighted by Gasteiger charge is -2.34. The molecule has 0 saturated carbocycles. The molecule has 1 heterocycles. The van der Waals surface area contributed by atoms with E-state index in [0.29, 0.717) is 6.54 Å². The molecule has 1 aliphatic carbocycles. The first-order valence-corrected chi connectivity index (χ1v) is 7.86. The number of ether oxygens (including phenoxy) is 2. The van der Waals surface area contributed by atoms with Crippen molar-refractivity contribution in [2.75, 3.05) is 13.2 Å². The summed E-state index contributed by atoms with van der Waals surface area (Å²) in [6, 6.07) is 6.42. The summed E-state index contributed by atoms with van der Waals surface area (Å²) < 4.78 is 24.2. The molecule has 23 heavy (non-hydrogen) atoms. The number of amides is 1. The van der Waals surface area contributed by atoms with Crippen molar-refractivity contribution in [2.45, 2.75) is 31.2 Å². The van der Waals surface area contributed by atoms with Crippen LogP contribution in [0.5, 0.6) is 0 Å². The number of aryl methyl sites for hydroxylation is 1. The number of hydrogen-bond donors (Lipinski definition) is 1. The first kappa shape index (κ1) is 15.9. The highest BCUT2D eigenvalue weighted by molar-refractivity contribution is 5.81. The number of carbonyl (C=O) groups is 1. The third-order valence-electron chi connectivity index (χ3n) is 3.95. The van der Waals surface area contributed by atoms with Crippen LogP contribution in [0.2, 0.25) is 0 Å². The highest BCUT2D eigenvalue weighted by atomic mass is 19.1. The largest absolute Gasteiger partial charge is 0.368 e. The normalized spacial score (nSPS) is 25.9. The van der Waals surface area contributed by atoms with E-state index >= 15 is 0 Å². The average molecular weight is 317 g/mol. The van der Waals surface area contributed by atoms with E-state index in [4.69, 9.17) is 9.47 Å². The molecule has 3 unspecified atom stereocenters. The van der Waals surface area contributed by atoms with E-state index in [1.54, 1.807) is 12.1 Å². The molecule has 122 valence electrons. The first-order chi connectivity index (χ1) is 11.2. The SMILES string of the molecule is O=C(NCCCc1ccc(F)cc1)C1COC2C=CC=CC2O1. The summed E-state index contributed by atoms with van der Waals surface area (Å²) in [5.41, 5.74) is 1.06. The van der Waals surface area contributed by atoms with Gasteiger partial charge in [0.25, 0.3) is 5.91 Å². The second-order valence-electron chi connectivity index (χ2n) is 5.68. The Morgan fingerprint density at radius 1 is 1.17 bits per heavy atom. The number of nitrogens with one attached hydrogen (secondary N) is 1. The predicted octanol–water partition coefficient (Wildman–Crippen LogP) is 2.15. The van der Waals surface area contributed by atoms with Gasteiger partial charge in [-0.3, -0.25) is 4.79 Å². The van der Waals surface area contributed by atoms with Gasteiger partial charge in [-0.2, -0.15) is 0 Å². The molecule has 1 saturated heterocycles.